The quantitative estimate of drug-likeness (QED) is 0.172. The Morgan fingerprint density at radius 2 is 0.839 bits per heavy atom. The molecule has 262 valence electrons. The van der Waals surface area contributed by atoms with Crippen molar-refractivity contribution < 1.29 is 0 Å². The highest BCUT2D eigenvalue weighted by atomic mass is 15.0. The first-order chi connectivity index (χ1) is 27.8. The molecule has 0 aliphatic rings. The number of hydrogen-bond donors (Lipinski definition) is 0. The van der Waals surface area contributed by atoms with Crippen LogP contribution in [0.5, 0.6) is 0 Å². The molecule has 11 aromatic rings. The van der Waals surface area contributed by atoms with Crippen LogP contribution < -0.4 is 0 Å². The summed E-state index contributed by atoms with van der Waals surface area (Å²) in [6.07, 6.45) is 2.18. The van der Waals surface area contributed by atoms with E-state index in [2.05, 4.69) is 179 Å². The van der Waals surface area contributed by atoms with Crippen molar-refractivity contribution in [3.8, 4) is 56.4 Å². The van der Waals surface area contributed by atoms with E-state index in [0.29, 0.717) is 5.82 Å². The zero-order chi connectivity index (χ0) is 37.0. The molecular weight excluding hydrogens is 681 g/mol. The number of nitrogens with zero attached hydrogens (tertiary/aromatic N) is 4. The van der Waals surface area contributed by atoms with E-state index >= 15 is 0 Å². The van der Waals surface area contributed by atoms with E-state index in [9.17, 15) is 0 Å². The molecular formula is C52H34N4. The Hall–Kier alpha value is -7.56. The average Bonchev–Trinajstić information content (AvgIpc) is 3.87. The van der Waals surface area contributed by atoms with Crippen molar-refractivity contribution in [2.75, 3.05) is 0 Å². The zero-order valence-corrected chi connectivity index (χ0v) is 30.4. The van der Waals surface area contributed by atoms with Gasteiger partial charge in [-0.15, -0.1) is 0 Å². The Bertz CT molecular complexity index is 3140. The molecule has 4 heteroatoms. The van der Waals surface area contributed by atoms with Crippen molar-refractivity contribution in [3.63, 3.8) is 0 Å². The fourth-order valence-electron chi connectivity index (χ4n) is 8.28. The third-order valence-electron chi connectivity index (χ3n) is 11.0. The van der Waals surface area contributed by atoms with Gasteiger partial charge >= 0.3 is 0 Å². The summed E-state index contributed by atoms with van der Waals surface area (Å²) in [4.78, 5) is 10.1. The largest absolute Gasteiger partial charge is 0.317 e. The molecule has 0 bridgehead atoms. The van der Waals surface area contributed by atoms with Gasteiger partial charge in [0.2, 0.25) is 0 Å². The zero-order valence-electron chi connectivity index (χ0n) is 30.4. The van der Waals surface area contributed by atoms with Gasteiger partial charge in [0.1, 0.15) is 0 Å². The molecule has 56 heavy (non-hydrogen) atoms. The lowest BCUT2D eigenvalue weighted by Crippen LogP contribution is -1.96. The Kier molecular flexibility index (Phi) is 7.46. The molecule has 0 saturated heterocycles. The van der Waals surface area contributed by atoms with Crippen molar-refractivity contribution in [3.05, 3.63) is 206 Å². The smallest absolute Gasteiger partial charge is 0.160 e. The second-order valence-electron chi connectivity index (χ2n) is 14.2. The molecule has 3 heterocycles. The summed E-state index contributed by atoms with van der Waals surface area (Å²) < 4.78 is 4.71. The van der Waals surface area contributed by atoms with Crippen molar-refractivity contribution in [1.29, 1.82) is 0 Å². The van der Waals surface area contributed by atoms with Gasteiger partial charge in [-0.05, 0) is 65.0 Å². The van der Waals surface area contributed by atoms with E-state index in [1.54, 1.807) is 0 Å². The topological polar surface area (TPSA) is 35.6 Å². The molecule has 8 aromatic carbocycles. The van der Waals surface area contributed by atoms with Gasteiger partial charge in [-0.2, -0.15) is 0 Å². The van der Waals surface area contributed by atoms with Crippen molar-refractivity contribution in [2.45, 2.75) is 0 Å². The second-order valence-corrected chi connectivity index (χ2v) is 14.2. The van der Waals surface area contributed by atoms with E-state index < -0.39 is 0 Å². The molecule has 0 radical (unpaired) electrons. The maximum absolute atomic E-state index is 5.03. The first-order valence-corrected chi connectivity index (χ1v) is 19.0. The summed E-state index contributed by atoms with van der Waals surface area (Å²) in [6.45, 7) is 0. The van der Waals surface area contributed by atoms with E-state index in [1.165, 1.54) is 43.5 Å². The van der Waals surface area contributed by atoms with Gasteiger partial charge in [-0.25, -0.2) is 9.97 Å². The fourth-order valence-corrected chi connectivity index (χ4v) is 8.28. The molecule has 0 amide bonds. The monoisotopic (exact) mass is 714 g/mol. The van der Waals surface area contributed by atoms with E-state index in [0.717, 1.165) is 50.6 Å². The summed E-state index contributed by atoms with van der Waals surface area (Å²) in [5.41, 5.74) is 13.1. The fraction of sp³-hybridized carbons (Fsp3) is 0. The summed E-state index contributed by atoms with van der Waals surface area (Å²) >= 11 is 0. The van der Waals surface area contributed by atoms with Crippen LogP contribution in [0.25, 0.3) is 99.9 Å². The normalized spacial score (nSPS) is 11.6. The van der Waals surface area contributed by atoms with Crippen molar-refractivity contribution in [2.24, 2.45) is 0 Å². The maximum atomic E-state index is 5.03. The van der Waals surface area contributed by atoms with Gasteiger partial charge in [0.15, 0.2) is 5.82 Å². The van der Waals surface area contributed by atoms with Gasteiger partial charge in [-0.3, -0.25) is 0 Å². The number of para-hydroxylation sites is 2. The van der Waals surface area contributed by atoms with Gasteiger partial charge in [0.25, 0.3) is 0 Å². The first kappa shape index (κ1) is 31.9. The predicted octanol–water partition coefficient (Wildman–Crippen LogP) is 13.3. The molecule has 0 fully saturated rings. The van der Waals surface area contributed by atoms with Crippen LogP contribution in [0.1, 0.15) is 0 Å². The Morgan fingerprint density at radius 1 is 0.321 bits per heavy atom. The van der Waals surface area contributed by atoms with E-state index in [-0.39, 0.29) is 0 Å². The minimum absolute atomic E-state index is 0.708. The van der Waals surface area contributed by atoms with Crippen LogP contribution in [-0.2, 0) is 0 Å². The minimum atomic E-state index is 0.708. The van der Waals surface area contributed by atoms with Crippen molar-refractivity contribution in [1.82, 2.24) is 19.1 Å². The summed E-state index contributed by atoms with van der Waals surface area (Å²) in [5.74, 6) is 0.708. The Morgan fingerprint density at radius 3 is 1.52 bits per heavy atom. The van der Waals surface area contributed by atoms with Crippen LogP contribution in [0.4, 0.5) is 0 Å². The highest BCUT2D eigenvalue weighted by Gasteiger charge is 2.17. The Labute approximate surface area is 324 Å². The van der Waals surface area contributed by atoms with Gasteiger partial charge in [0, 0.05) is 55.8 Å². The lowest BCUT2D eigenvalue weighted by atomic mass is 10.0. The standard InChI is InChI=1S/C52H34N4/c1-4-12-37(13-5-1)47-34-48(38-14-6-2-7-15-38)54-52(53-47)39-22-20-35(21-23-39)36-24-26-41(27-25-36)56-50-19-11-10-18-43(50)46-29-28-42-44-32-33-55(40-16-8-3-9-17-40)49(44)31-30-45(42)51(46)56/h1-34H. The van der Waals surface area contributed by atoms with Gasteiger partial charge in [0.05, 0.1) is 27.9 Å². The number of hydrogen-bond acceptors (Lipinski definition) is 2. The molecule has 0 unspecified atom stereocenters. The minimum Gasteiger partial charge on any atom is -0.317 e. The maximum Gasteiger partial charge on any atom is 0.160 e. The summed E-state index contributed by atoms with van der Waals surface area (Å²) in [5, 5.41) is 6.24. The molecule has 3 aromatic heterocycles. The van der Waals surface area contributed by atoms with Crippen LogP contribution >= 0.6 is 0 Å². The number of benzene rings is 8. The van der Waals surface area contributed by atoms with Crippen LogP contribution in [-0.4, -0.2) is 19.1 Å². The molecule has 0 saturated carbocycles. The summed E-state index contributed by atoms with van der Waals surface area (Å²) in [7, 11) is 0. The third-order valence-corrected chi connectivity index (χ3v) is 11.0. The van der Waals surface area contributed by atoms with Crippen molar-refractivity contribution >= 4 is 43.5 Å². The van der Waals surface area contributed by atoms with E-state index in [1.807, 2.05) is 36.4 Å². The van der Waals surface area contributed by atoms with Gasteiger partial charge in [-0.1, -0.05) is 152 Å². The predicted molar refractivity (Wildman–Crippen MR) is 232 cm³/mol. The lowest BCUT2D eigenvalue weighted by Gasteiger charge is -2.12. The molecule has 4 nitrogen and oxygen atoms in total. The van der Waals surface area contributed by atoms with E-state index in [4.69, 9.17) is 9.97 Å². The van der Waals surface area contributed by atoms with Crippen LogP contribution in [0.15, 0.2) is 206 Å². The number of aromatic nitrogens is 4. The molecule has 0 aliphatic heterocycles. The molecule has 0 N–H and O–H groups in total. The van der Waals surface area contributed by atoms with Crippen LogP contribution in [0, 0.1) is 0 Å². The Balaban J connectivity index is 0.979. The average molecular weight is 715 g/mol. The van der Waals surface area contributed by atoms with Gasteiger partial charge < -0.3 is 9.13 Å². The highest BCUT2D eigenvalue weighted by Crippen LogP contribution is 2.40. The van der Waals surface area contributed by atoms with Crippen LogP contribution in [0.3, 0.4) is 0 Å². The number of rotatable bonds is 6. The highest BCUT2D eigenvalue weighted by molar-refractivity contribution is 6.23. The molecule has 0 spiro atoms. The summed E-state index contributed by atoms with van der Waals surface area (Å²) in [6, 6.07) is 71.0. The first-order valence-electron chi connectivity index (χ1n) is 19.0. The third kappa shape index (κ3) is 5.31. The number of fused-ring (bicyclic) bond motifs is 7. The molecule has 0 aliphatic carbocycles. The molecule has 11 rings (SSSR count). The molecule has 0 atom stereocenters. The second kappa shape index (κ2) is 13.1. The lowest BCUT2D eigenvalue weighted by molar-refractivity contribution is 1.13. The SMILES string of the molecule is c1ccc(-c2cc(-c3ccccc3)nc(-c3ccc(-c4ccc(-n5c6ccccc6c6ccc7c8ccn(-c9ccccc9)c8ccc7c65)cc4)cc3)n2)cc1. The van der Waals surface area contributed by atoms with Crippen LogP contribution in [0.2, 0.25) is 0 Å².